The second-order valence-electron chi connectivity index (χ2n) is 8.15. The summed E-state index contributed by atoms with van der Waals surface area (Å²) in [7, 11) is 0. The minimum atomic E-state index is -4.66. The van der Waals surface area contributed by atoms with Gasteiger partial charge < -0.3 is 0 Å². The summed E-state index contributed by atoms with van der Waals surface area (Å²) in [6.45, 7) is 1.88. The van der Waals surface area contributed by atoms with Gasteiger partial charge in [-0.2, -0.15) is 18.3 Å². The third kappa shape index (κ3) is 4.87. The molecule has 0 aliphatic rings. The Hall–Kier alpha value is -4.37. The number of carbonyl (C=O) groups is 1. The van der Waals surface area contributed by atoms with E-state index >= 15 is 0 Å². The number of benzene rings is 1. The van der Waals surface area contributed by atoms with Crippen LogP contribution in [-0.2, 0) is 25.6 Å². The SMILES string of the molecule is C#CCCC(=O)c1ccc(Cc2nccn3c(-c4cn(CC#C)nc4C(F)(F)F)cnc23)cc1CC. The zero-order valence-electron chi connectivity index (χ0n) is 19.5. The summed E-state index contributed by atoms with van der Waals surface area (Å²) >= 11 is 0. The maximum Gasteiger partial charge on any atom is 0.435 e. The highest BCUT2D eigenvalue weighted by atomic mass is 19.4. The number of rotatable bonds is 8. The van der Waals surface area contributed by atoms with Gasteiger partial charge >= 0.3 is 6.18 Å². The van der Waals surface area contributed by atoms with Gasteiger partial charge in [0.05, 0.1) is 23.1 Å². The van der Waals surface area contributed by atoms with Gasteiger partial charge in [0.1, 0.15) is 6.54 Å². The van der Waals surface area contributed by atoms with E-state index in [1.807, 2.05) is 19.1 Å². The molecule has 182 valence electrons. The average molecular weight is 490 g/mol. The van der Waals surface area contributed by atoms with E-state index in [1.165, 1.54) is 18.6 Å². The molecule has 0 saturated heterocycles. The fourth-order valence-electron chi connectivity index (χ4n) is 4.12. The number of imidazole rings is 1. The maximum absolute atomic E-state index is 13.7. The van der Waals surface area contributed by atoms with E-state index in [1.54, 1.807) is 16.7 Å². The number of nitrogens with zero attached hydrogens (tertiary/aromatic N) is 5. The zero-order valence-corrected chi connectivity index (χ0v) is 19.5. The van der Waals surface area contributed by atoms with Crippen LogP contribution in [-0.4, -0.2) is 29.9 Å². The largest absolute Gasteiger partial charge is 0.435 e. The molecule has 3 aromatic heterocycles. The highest BCUT2D eigenvalue weighted by molar-refractivity contribution is 5.97. The van der Waals surface area contributed by atoms with Crippen LogP contribution in [0.1, 0.15) is 52.6 Å². The average Bonchev–Trinajstić information content (AvgIpc) is 3.47. The molecule has 0 atom stereocenters. The lowest BCUT2D eigenvalue weighted by atomic mass is 9.95. The van der Waals surface area contributed by atoms with Crippen molar-refractivity contribution in [3.05, 3.63) is 71.1 Å². The second kappa shape index (κ2) is 10.1. The summed E-state index contributed by atoms with van der Waals surface area (Å²) in [6.07, 6.45) is 13.3. The van der Waals surface area contributed by atoms with Crippen molar-refractivity contribution >= 4 is 11.4 Å². The maximum atomic E-state index is 13.7. The molecule has 0 aliphatic heterocycles. The molecule has 9 heteroatoms. The number of hydrogen-bond acceptors (Lipinski definition) is 4. The van der Waals surface area contributed by atoms with Crippen molar-refractivity contribution < 1.29 is 18.0 Å². The van der Waals surface area contributed by atoms with E-state index in [0.29, 0.717) is 42.6 Å². The van der Waals surface area contributed by atoms with Crippen LogP contribution in [0.4, 0.5) is 13.2 Å². The molecule has 0 radical (unpaired) electrons. The molecule has 0 N–H and O–H groups in total. The van der Waals surface area contributed by atoms with Crippen molar-refractivity contribution in [3.63, 3.8) is 0 Å². The molecule has 1 aromatic carbocycles. The Bertz CT molecular complexity index is 1520. The van der Waals surface area contributed by atoms with Crippen molar-refractivity contribution in [2.75, 3.05) is 0 Å². The normalized spacial score (nSPS) is 11.4. The monoisotopic (exact) mass is 489 g/mol. The number of hydrogen-bond donors (Lipinski definition) is 0. The molecule has 0 unspecified atom stereocenters. The summed E-state index contributed by atoms with van der Waals surface area (Å²) in [6, 6.07) is 5.59. The Labute approximate surface area is 206 Å². The predicted octanol–water partition coefficient (Wildman–Crippen LogP) is 4.99. The molecule has 0 amide bonds. The van der Waals surface area contributed by atoms with Crippen LogP contribution in [0.25, 0.3) is 16.9 Å². The number of aromatic nitrogens is 5. The van der Waals surface area contributed by atoms with Crippen molar-refractivity contribution in [3.8, 4) is 35.9 Å². The first-order valence-electron chi connectivity index (χ1n) is 11.2. The van der Waals surface area contributed by atoms with Crippen LogP contribution in [0.5, 0.6) is 0 Å². The topological polar surface area (TPSA) is 65.1 Å². The number of carbonyl (C=O) groups excluding carboxylic acids is 1. The van der Waals surface area contributed by atoms with Crippen molar-refractivity contribution in [1.29, 1.82) is 0 Å². The summed E-state index contributed by atoms with van der Waals surface area (Å²) in [4.78, 5) is 21.3. The van der Waals surface area contributed by atoms with Crippen molar-refractivity contribution in [1.82, 2.24) is 24.1 Å². The van der Waals surface area contributed by atoms with Gasteiger partial charge in [0.25, 0.3) is 0 Å². The molecule has 36 heavy (non-hydrogen) atoms. The van der Waals surface area contributed by atoms with Crippen LogP contribution in [0.2, 0.25) is 0 Å². The number of ketones is 1. The molecular weight excluding hydrogens is 467 g/mol. The third-order valence-electron chi connectivity index (χ3n) is 5.78. The van der Waals surface area contributed by atoms with Gasteiger partial charge in [0.2, 0.25) is 0 Å². The Morgan fingerprint density at radius 3 is 2.67 bits per heavy atom. The number of fused-ring (bicyclic) bond motifs is 1. The highest BCUT2D eigenvalue weighted by Gasteiger charge is 2.38. The number of Topliss-reactive ketones (excluding diaryl/α,β-unsaturated/α-hetero) is 1. The minimum Gasteiger partial charge on any atom is -0.296 e. The van der Waals surface area contributed by atoms with Crippen molar-refractivity contribution in [2.45, 2.75) is 45.3 Å². The number of terminal acetylenes is 2. The lowest BCUT2D eigenvalue weighted by Gasteiger charge is -2.10. The van der Waals surface area contributed by atoms with Gasteiger partial charge in [-0.05, 0) is 17.5 Å². The first kappa shape index (κ1) is 24.7. The van der Waals surface area contributed by atoms with Gasteiger partial charge in [0.15, 0.2) is 17.1 Å². The van der Waals surface area contributed by atoms with Crippen LogP contribution >= 0.6 is 0 Å². The smallest absolute Gasteiger partial charge is 0.296 e. The molecule has 0 aliphatic carbocycles. The molecule has 0 saturated carbocycles. The number of aryl methyl sites for hydroxylation is 1. The molecule has 4 aromatic rings. The van der Waals surface area contributed by atoms with E-state index in [2.05, 4.69) is 26.9 Å². The van der Waals surface area contributed by atoms with Gasteiger partial charge in [-0.1, -0.05) is 31.0 Å². The molecule has 6 nitrogen and oxygen atoms in total. The zero-order chi connectivity index (χ0) is 25.9. The molecule has 0 fully saturated rings. The van der Waals surface area contributed by atoms with E-state index in [-0.39, 0.29) is 23.6 Å². The molecule has 3 heterocycles. The highest BCUT2D eigenvalue weighted by Crippen LogP contribution is 2.36. The standard InChI is InChI=1S/C27H22F3N5O/c1-4-7-8-24(36)20-10-9-18(14-19(20)6-3)15-22-26-32-16-23(35(26)13-11-31-22)21-17-34(12-5-2)33-25(21)27(28,29)30/h1-2,9-11,13-14,16-17H,6-8,12,15H2,3H3. The Morgan fingerprint density at radius 1 is 1.17 bits per heavy atom. The minimum absolute atomic E-state index is 0.000302. The van der Waals surface area contributed by atoms with E-state index in [9.17, 15) is 18.0 Å². The van der Waals surface area contributed by atoms with Crippen LogP contribution in [0.15, 0.2) is 43.0 Å². The lowest BCUT2D eigenvalue weighted by molar-refractivity contribution is -0.141. The fraction of sp³-hybridized carbons (Fsp3) is 0.259. The van der Waals surface area contributed by atoms with Crippen LogP contribution in [0, 0.1) is 24.7 Å². The Kier molecular flexibility index (Phi) is 6.93. The summed E-state index contributed by atoms with van der Waals surface area (Å²) in [5, 5.41) is 3.64. The fourth-order valence-corrected chi connectivity index (χ4v) is 4.12. The third-order valence-corrected chi connectivity index (χ3v) is 5.78. The Morgan fingerprint density at radius 2 is 1.97 bits per heavy atom. The van der Waals surface area contributed by atoms with E-state index in [4.69, 9.17) is 12.8 Å². The Balaban J connectivity index is 1.71. The van der Waals surface area contributed by atoms with Crippen LogP contribution < -0.4 is 0 Å². The first-order chi connectivity index (χ1) is 17.3. The second-order valence-corrected chi connectivity index (χ2v) is 8.15. The quantitative estimate of drug-likeness (QED) is 0.258. The first-order valence-corrected chi connectivity index (χ1v) is 11.2. The predicted molar refractivity (Wildman–Crippen MR) is 129 cm³/mol. The van der Waals surface area contributed by atoms with Gasteiger partial charge in [-0.25, -0.2) is 4.98 Å². The summed E-state index contributed by atoms with van der Waals surface area (Å²) in [5.74, 6) is 4.78. The molecule has 4 rings (SSSR count). The molecule has 0 spiro atoms. The van der Waals surface area contributed by atoms with Gasteiger partial charge in [-0.15, -0.1) is 18.8 Å². The van der Waals surface area contributed by atoms with E-state index < -0.39 is 11.9 Å². The lowest BCUT2D eigenvalue weighted by Crippen LogP contribution is -2.09. The summed E-state index contributed by atoms with van der Waals surface area (Å²) in [5.41, 5.74) is 2.55. The molecular formula is C27H22F3N5O. The number of alkyl halides is 3. The summed E-state index contributed by atoms with van der Waals surface area (Å²) < 4.78 is 43.7. The molecule has 0 bridgehead atoms. The van der Waals surface area contributed by atoms with E-state index in [0.717, 1.165) is 15.8 Å². The number of halogens is 3. The van der Waals surface area contributed by atoms with Crippen molar-refractivity contribution in [2.24, 2.45) is 0 Å². The van der Waals surface area contributed by atoms with Gasteiger partial charge in [-0.3, -0.25) is 18.9 Å². The van der Waals surface area contributed by atoms with Gasteiger partial charge in [0, 0.05) is 43.4 Å². The van der Waals surface area contributed by atoms with Crippen LogP contribution in [0.3, 0.4) is 0 Å².